The number of rotatable bonds is 1. The first-order valence-corrected chi connectivity index (χ1v) is 5.61. The third-order valence-corrected chi connectivity index (χ3v) is 2.91. The van der Waals surface area contributed by atoms with Crippen molar-refractivity contribution in [3.05, 3.63) is 35.1 Å². The topological polar surface area (TPSA) is 40.5 Å². The first kappa shape index (κ1) is 12.9. The maximum absolute atomic E-state index is 13.0. The van der Waals surface area contributed by atoms with Gasteiger partial charge in [-0.05, 0) is 25.0 Å². The van der Waals surface area contributed by atoms with Crippen LogP contribution in [0.3, 0.4) is 0 Å². The van der Waals surface area contributed by atoms with Gasteiger partial charge in [0.1, 0.15) is 0 Å². The number of halogens is 3. The first-order chi connectivity index (χ1) is 8.49. The molecule has 1 amide bonds. The summed E-state index contributed by atoms with van der Waals surface area (Å²) in [5, 5.41) is 9.43. The summed E-state index contributed by atoms with van der Waals surface area (Å²) in [6, 6.07) is 1.34. The first-order valence-electron chi connectivity index (χ1n) is 5.61. The highest BCUT2D eigenvalue weighted by atomic mass is 19.2. The molecule has 1 heterocycles. The molecule has 1 saturated heterocycles. The number of piperidine rings is 1. The Morgan fingerprint density at radius 1 is 1.28 bits per heavy atom. The van der Waals surface area contributed by atoms with Crippen LogP contribution in [0.2, 0.25) is 0 Å². The molecule has 0 spiro atoms. The Morgan fingerprint density at radius 2 is 1.89 bits per heavy atom. The van der Waals surface area contributed by atoms with E-state index in [1.54, 1.807) is 0 Å². The summed E-state index contributed by atoms with van der Waals surface area (Å²) >= 11 is 0. The molecule has 0 aromatic heterocycles. The number of hydrogen-bond donors (Lipinski definition) is 1. The van der Waals surface area contributed by atoms with Crippen molar-refractivity contribution in [1.29, 1.82) is 0 Å². The normalized spacial score (nSPS) is 20.0. The molecule has 1 N–H and O–H groups in total. The molecule has 0 unspecified atom stereocenters. The Hall–Kier alpha value is -1.56. The molecule has 98 valence electrons. The lowest BCUT2D eigenvalue weighted by molar-refractivity contribution is 0.0473. The maximum atomic E-state index is 13.0. The summed E-state index contributed by atoms with van der Waals surface area (Å²) in [4.78, 5) is 13.2. The highest BCUT2D eigenvalue weighted by Crippen LogP contribution is 2.18. The lowest BCUT2D eigenvalue weighted by Gasteiger charge is -2.30. The van der Waals surface area contributed by atoms with E-state index in [1.165, 1.54) is 4.90 Å². The number of hydrogen-bond acceptors (Lipinski definition) is 2. The van der Waals surface area contributed by atoms with Crippen LogP contribution in [0.5, 0.6) is 0 Å². The van der Waals surface area contributed by atoms with E-state index in [0.29, 0.717) is 31.5 Å². The number of nitrogens with zero attached hydrogens (tertiary/aromatic N) is 1. The van der Waals surface area contributed by atoms with Crippen LogP contribution in [0.4, 0.5) is 13.2 Å². The summed E-state index contributed by atoms with van der Waals surface area (Å²) < 4.78 is 38.8. The fourth-order valence-electron chi connectivity index (χ4n) is 2.00. The highest BCUT2D eigenvalue weighted by molar-refractivity contribution is 5.94. The minimum atomic E-state index is -1.59. The van der Waals surface area contributed by atoms with Crippen molar-refractivity contribution in [2.75, 3.05) is 13.1 Å². The number of benzene rings is 1. The summed E-state index contributed by atoms with van der Waals surface area (Å²) in [7, 11) is 0. The number of amides is 1. The number of β-amino-alcohol motifs (C(OH)–C–C–N with tert-alkyl or cyclic N) is 1. The molecule has 3 nitrogen and oxygen atoms in total. The molecular weight excluding hydrogens is 247 g/mol. The lowest BCUT2D eigenvalue weighted by Crippen LogP contribution is -2.42. The Morgan fingerprint density at radius 3 is 2.44 bits per heavy atom. The molecule has 0 radical (unpaired) electrons. The average Bonchev–Trinajstić information content (AvgIpc) is 2.34. The number of aliphatic hydroxyl groups excluding tert-OH is 1. The second-order valence-corrected chi connectivity index (χ2v) is 4.30. The smallest absolute Gasteiger partial charge is 0.254 e. The standard InChI is InChI=1S/C12H12F3NO2/c13-9-4-7(5-10(14)11(9)15)12(18)16-3-1-2-8(17)6-16/h4-5,8,17H,1-3,6H2/t8-/m0/s1. The van der Waals surface area contributed by atoms with Gasteiger partial charge in [0.2, 0.25) is 0 Å². The Labute approximate surface area is 102 Å². The zero-order valence-electron chi connectivity index (χ0n) is 9.50. The van der Waals surface area contributed by atoms with Gasteiger partial charge in [0, 0.05) is 18.7 Å². The fraction of sp³-hybridized carbons (Fsp3) is 0.417. The summed E-state index contributed by atoms with van der Waals surface area (Å²) in [6.07, 6.45) is 0.590. The zero-order chi connectivity index (χ0) is 13.3. The monoisotopic (exact) mass is 259 g/mol. The van der Waals surface area contributed by atoms with Gasteiger partial charge in [-0.3, -0.25) is 4.79 Å². The SMILES string of the molecule is O=C(c1cc(F)c(F)c(F)c1)N1CCC[C@H](O)C1. The van der Waals surface area contributed by atoms with E-state index >= 15 is 0 Å². The predicted octanol–water partition coefficient (Wildman–Crippen LogP) is 1.70. The molecule has 6 heteroatoms. The van der Waals surface area contributed by atoms with Crippen molar-refractivity contribution in [3.8, 4) is 0 Å². The molecule has 2 rings (SSSR count). The maximum Gasteiger partial charge on any atom is 0.254 e. The van der Waals surface area contributed by atoms with Gasteiger partial charge in [-0.1, -0.05) is 0 Å². The second-order valence-electron chi connectivity index (χ2n) is 4.30. The van der Waals surface area contributed by atoms with Crippen LogP contribution in [0.15, 0.2) is 12.1 Å². The molecule has 1 atom stereocenters. The van der Waals surface area contributed by atoms with Crippen LogP contribution in [-0.4, -0.2) is 35.1 Å². The molecule has 1 aliphatic rings. The molecular formula is C12H12F3NO2. The van der Waals surface area contributed by atoms with Gasteiger partial charge in [-0.25, -0.2) is 13.2 Å². The molecule has 18 heavy (non-hydrogen) atoms. The summed E-state index contributed by atoms with van der Waals surface area (Å²) in [5.41, 5.74) is -0.250. The van der Waals surface area contributed by atoms with Crippen LogP contribution >= 0.6 is 0 Å². The van der Waals surface area contributed by atoms with Gasteiger partial charge in [0.15, 0.2) is 17.5 Å². The molecule has 0 bridgehead atoms. The largest absolute Gasteiger partial charge is 0.391 e. The van der Waals surface area contributed by atoms with Gasteiger partial charge in [-0.2, -0.15) is 0 Å². The van der Waals surface area contributed by atoms with E-state index < -0.39 is 29.5 Å². The number of carbonyl (C=O) groups excluding carboxylic acids is 1. The van der Waals surface area contributed by atoms with Gasteiger partial charge < -0.3 is 10.0 Å². The number of aliphatic hydroxyl groups is 1. The predicted molar refractivity (Wildman–Crippen MR) is 57.5 cm³/mol. The van der Waals surface area contributed by atoms with Crippen LogP contribution in [0, 0.1) is 17.5 Å². The molecule has 0 saturated carbocycles. The van der Waals surface area contributed by atoms with E-state index in [0.717, 1.165) is 0 Å². The summed E-state index contributed by atoms with van der Waals surface area (Å²) in [5.74, 6) is -4.98. The Kier molecular flexibility index (Phi) is 3.56. The zero-order valence-corrected chi connectivity index (χ0v) is 9.50. The van der Waals surface area contributed by atoms with E-state index in [-0.39, 0.29) is 12.1 Å². The highest BCUT2D eigenvalue weighted by Gasteiger charge is 2.24. The fourth-order valence-corrected chi connectivity index (χ4v) is 2.00. The van der Waals surface area contributed by atoms with E-state index in [4.69, 9.17) is 0 Å². The van der Waals surface area contributed by atoms with E-state index in [1.807, 2.05) is 0 Å². The summed E-state index contributed by atoms with van der Waals surface area (Å²) in [6.45, 7) is 0.538. The van der Waals surface area contributed by atoms with Gasteiger partial charge in [0.25, 0.3) is 5.91 Å². The number of carbonyl (C=O) groups is 1. The quantitative estimate of drug-likeness (QED) is 0.780. The number of likely N-dealkylation sites (tertiary alicyclic amines) is 1. The van der Waals surface area contributed by atoms with Crippen molar-refractivity contribution in [2.24, 2.45) is 0 Å². The van der Waals surface area contributed by atoms with Gasteiger partial charge in [-0.15, -0.1) is 0 Å². The Bertz CT molecular complexity index is 455. The lowest BCUT2D eigenvalue weighted by atomic mass is 10.1. The van der Waals surface area contributed by atoms with Crippen LogP contribution < -0.4 is 0 Å². The third kappa shape index (κ3) is 2.48. The van der Waals surface area contributed by atoms with Crippen LogP contribution in [0.25, 0.3) is 0 Å². The Balaban J connectivity index is 2.23. The minimum Gasteiger partial charge on any atom is -0.391 e. The van der Waals surface area contributed by atoms with Crippen LogP contribution in [-0.2, 0) is 0 Å². The average molecular weight is 259 g/mol. The van der Waals surface area contributed by atoms with E-state index in [2.05, 4.69) is 0 Å². The van der Waals surface area contributed by atoms with Crippen molar-refractivity contribution < 1.29 is 23.1 Å². The van der Waals surface area contributed by atoms with Crippen molar-refractivity contribution in [3.63, 3.8) is 0 Å². The molecule has 1 fully saturated rings. The second kappa shape index (κ2) is 4.97. The van der Waals surface area contributed by atoms with Crippen molar-refractivity contribution in [1.82, 2.24) is 4.90 Å². The third-order valence-electron chi connectivity index (χ3n) is 2.91. The van der Waals surface area contributed by atoms with Crippen molar-refractivity contribution in [2.45, 2.75) is 18.9 Å². The minimum absolute atomic E-state index is 0.124. The van der Waals surface area contributed by atoms with Crippen LogP contribution in [0.1, 0.15) is 23.2 Å². The van der Waals surface area contributed by atoms with Gasteiger partial charge in [0.05, 0.1) is 6.10 Å². The van der Waals surface area contributed by atoms with Crippen molar-refractivity contribution >= 4 is 5.91 Å². The molecule has 1 aromatic rings. The van der Waals surface area contributed by atoms with Gasteiger partial charge >= 0.3 is 0 Å². The molecule has 1 aromatic carbocycles. The van der Waals surface area contributed by atoms with E-state index in [9.17, 15) is 23.1 Å². The molecule has 1 aliphatic heterocycles. The molecule has 0 aliphatic carbocycles.